The molecule has 4 amide bonds. The Morgan fingerprint density at radius 1 is 0.841 bits per heavy atom. The van der Waals surface area contributed by atoms with Gasteiger partial charge in [0.15, 0.2) is 0 Å². The minimum absolute atomic E-state index is 0.0944. The molecule has 4 saturated heterocycles. The third-order valence-corrected chi connectivity index (χ3v) is 13.6. The van der Waals surface area contributed by atoms with Gasteiger partial charge in [-0.1, -0.05) is 6.07 Å². The van der Waals surface area contributed by atoms with Crippen LogP contribution in [0.2, 0.25) is 0 Å². The fraction of sp³-hybridized carbons (Fsp3) is 0.677. The van der Waals surface area contributed by atoms with Crippen LogP contribution in [-0.2, 0) is 19.6 Å². The molecule has 6 aliphatic rings. The van der Waals surface area contributed by atoms with Gasteiger partial charge in [0.1, 0.15) is 6.04 Å². The number of nitrogens with two attached hydrogens (primary N) is 1. The minimum atomic E-state index is -3.27. The van der Waals surface area contributed by atoms with Gasteiger partial charge in [0.25, 0.3) is 11.8 Å². The summed E-state index contributed by atoms with van der Waals surface area (Å²) in [6, 6.07) is 4.94. The summed E-state index contributed by atoms with van der Waals surface area (Å²) in [5.74, 6) is -1.93. The summed E-state index contributed by atoms with van der Waals surface area (Å²) in [5.41, 5.74) is 7.64. The van der Waals surface area contributed by atoms with E-state index in [-0.39, 0.29) is 35.5 Å². The quantitative estimate of drug-likeness (QED) is 0.457. The van der Waals surface area contributed by atoms with Crippen molar-refractivity contribution in [3.05, 3.63) is 29.3 Å². The highest BCUT2D eigenvalue weighted by Gasteiger charge is 2.50. The van der Waals surface area contributed by atoms with Gasteiger partial charge in [-0.05, 0) is 88.4 Å². The Morgan fingerprint density at radius 3 is 2.18 bits per heavy atom. The summed E-state index contributed by atoms with van der Waals surface area (Å²) >= 11 is 0. The van der Waals surface area contributed by atoms with Crippen LogP contribution in [0.5, 0.6) is 0 Å². The highest BCUT2D eigenvalue weighted by molar-refractivity contribution is 7.89. The van der Waals surface area contributed by atoms with Gasteiger partial charge in [-0.15, -0.1) is 0 Å². The summed E-state index contributed by atoms with van der Waals surface area (Å²) in [5, 5.41) is 1.96. The zero-order chi connectivity index (χ0) is 30.8. The molecule has 1 aromatic carbocycles. The molecule has 238 valence electrons. The van der Waals surface area contributed by atoms with Gasteiger partial charge in [-0.3, -0.25) is 29.4 Å². The summed E-state index contributed by atoms with van der Waals surface area (Å²) < 4.78 is 28.1. The zero-order valence-electron chi connectivity index (χ0n) is 25.1. The van der Waals surface area contributed by atoms with Crippen LogP contribution in [0, 0.1) is 5.41 Å². The first kappa shape index (κ1) is 29.8. The van der Waals surface area contributed by atoms with E-state index in [1.54, 1.807) is 16.4 Å². The fourth-order valence-corrected chi connectivity index (χ4v) is 10.4. The van der Waals surface area contributed by atoms with Gasteiger partial charge in [0.05, 0.1) is 22.1 Å². The van der Waals surface area contributed by atoms with E-state index >= 15 is 0 Å². The van der Waals surface area contributed by atoms with Crippen molar-refractivity contribution in [2.75, 3.05) is 44.2 Å². The van der Waals surface area contributed by atoms with Gasteiger partial charge in [-0.25, -0.2) is 12.7 Å². The summed E-state index contributed by atoms with van der Waals surface area (Å²) in [6.07, 6.45) is 7.28. The average Bonchev–Trinajstić information content (AvgIpc) is 3.26. The number of rotatable bonds is 5. The lowest BCUT2D eigenvalue weighted by atomic mass is 9.59. The number of nitrogens with one attached hydrogen (secondary N) is 1. The molecule has 0 bridgehead atoms. The molecule has 0 radical (unpaired) electrons. The van der Waals surface area contributed by atoms with Crippen LogP contribution in [0.1, 0.15) is 84.9 Å². The first-order valence-corrected chi connectivity index (χ1v) is 17.6. The third kappa shape index (κ3) is 5.05. The van der Waals surface area contributed by atoms with Crippen molar-refractivity contribution < 1.29 is 27.6 Å². The Hall–Kier alpha value is -2.87. The predicted molar refractivity (Wildman–Crippen MR) is 162 cm³/mol. The number of hydrogen-bond acceptors (Lipinski definition) is 9. The van der Waals surface area contributed by atoms with Crippen LogP contribution in [0.4, 0.5) is 5.69 Å². The molecule has 1 atom stereocenters. The maximum atomic E-state index is 13.6. The van der Waals surface area contributed by atoms with Crippen molar-refractivity contribution in [3.63, 3.8) is 0 Å². The predicted octanol–water partition coefficient (Wildman–Crippen LogP) is 1.05. The minimum Gasteiger partial charge on any atom is -0.371 e. The number of amides is 4. The van der Waals surface area contributed by atoms with Gasteiger partial charge in [0, 0.05) is 44.7 Å². The van der Waals surface area contributed by atoms with E-state index in [1.807, 2.05) is 6.07 Å². The summed E-state index contributed by atoms with van der Waals surface area (Å²) in [7, 11) is -3.27. The van der Waals surface area contributed by atoms with Crippen LogP contribution in [0.3, 0.4) is 0 Å². The highest BCUT2D eigenvalue weighted by atomic mass is 32.2. The van der Waals surface area contributed by atoms with E-state index in [9.17, 15) is 27.6 Å². The molecule has 1 unspecified atom stereocenters. The number of hydrogen-bond donors (Lipinski definition) is 2. The molecule has 5 heterocycles. The first-order valence-electron chi connectivity index (χ1n) is 16.1. The van der Waals surface area contributed by atoms with Crippen molar-refractivity contribution in [1.82, 2.24) is 19.4 Å². The van der Waals surface area contributed by atoms with E-state index in [0.717, 1.165) is 75.3 Å². The Balaban J connectivity index is 0.939. The smallest absolute Gasteiger partial charge is 0.264 e. The summed E-state index contributed by atoms with van der Waals surface area (Å²) in [4.78, 5) is 56.6. The third-order valence-electron chi connectivity index (χ3n) is 11.2. The van der Waals surface area contributed by atoms with Crippen molar-refractivity contribution in [2.45, 2.75) is 87.6 Å². The lowest BCUT2D eigenvalue weighted by molar-refractivity contribution is -0.136. The van der Waals surface area contributed by atoms with Crippen molar-refractivity contribution in [3.8, 4) is 0 Å². The molecule has 3 N–H and O–H groups in total. The SMILES string of the molecule is NC1CCN(S(=O)(=O)C2CCN(C3CC4(CCN(c5cccc6c5C(=O)N(C5CCC(=O)NC5=O)C6=O)CC4)C3)CC2)CC1. The number of anilines is 1. The number of imide groups is 2. The second-order valence-electron chi connectivity index (χ2n) is 13.7. The Morgan fingerprint density at radius 2 is 1.52 bits per heavy atom. The molecular weight excluding hydrogens is 584 g/mol. The number of piperidine rings is 4. The molecule has 7 rings (SSSR count). The normalized spacial score (nSPS) is 28.0. The highest BCUT2D eigenvalue weighted by Crippen LogP contribution is 2.52. The molecule has 5 aliphatic heterocycles. The second-order valence-corrected chi connectivity index (χ2v) is 15.9. The molecule has 1 spiro atoms. The zero-order valence-corrected chi connectivity index (χ0v) is 25.9. The van der Waals surface area contributed by atoms with Crippen molar-refractivity contribution in [2.24, 2.45) is 11.1 Å². The van der Waals surface area contributed by atoms with Crippen LogP contribution >= 0.6 is 0 Å². The van der Waals surface area contributed by atoms with Crippen LogP contribution < -0.4 is 16.0 Å². The Kier molecular flexibility index (Phi) is 7.58. The Bertz CT molecular complexity index is 1470. The van der Waals surface area contributed by atoms with E-state index < -0.39 is 33.8 Å². The molecule has 5 fully saturated rings. The largest absolute Gasteiger partial charge is 0.371 e. The average molecular weight is 627 g/mol. The number of likely N-dealkylation sites (tertiary alicyclic amines) is 1. The maximum absolute atomic E-state index is 13.6. The molecule has 1 saturated carbocycles. The summed E-state index contributed by atoms with van der Waals surface area (Å²) in [6.45, 7) is 4.28. The topological polar surface area (TPSA) is 153 Å². The molecule has 1 aliphatic carbocycles. The van der Waals surface area contributed by atoms with Gasteiger partial charge in [0.2, 0.25) is 21.8 Å². The standard InChI is InChI=1S/C31H42N6O6S/c32-20-6-14-36(15-7-20)44(42,43)22-8-12-34(13-9-22)21-18-31(19-21)10-16-35(17-11-31)24-3-1-2-23-27(24)30(41)37(29(23)40)25-4-5-26(38)33-28(25)39/h1-3,20-22,25H,4-19,32H2,(H,33,38,39). The Labute approximate surface area is 258 Å². The number of sulfonamides is 1. The van der Waals surface area contributed by atoms with Gasteiger partial charge in [-0.2, -0.15) is 0 Å². The number of nitrogens with zero attached hydrogens (tertiary/aromatic N) is 4. The van der Waals surface area contributed by atoms with E-state index in [4.69, 9.17) is 5.73 Å². The fourth-order valence-electron chi connectivity index (χ4n) is 8.47. The molecule has 0 aromatic heterocycles. The number of carbonyl (C=O) groups is 4. The van der Waals surface area contributed by atoms with Crippen LogP contribution in [-0.4, -0.2) is 109 Å². The lowest BCUT2D eigenvalue weighted by Crippen LogP contribution is -2.57. The van der Waals surface area contributed by atoms with Gasteiger partial charge < -0.3 is 15.5 Å². The first-order chi connectivity index (χ1) is 21.1. The molecule has 13 heteroatoms. The maximum Gasteiger partial charge on any atom is 0.264 e. The lowest BCUT2D eigenvalue weighted by Gasteiger charge is -2.56. The number of carbonyl (C=O) groups excluding carboxylic acids is 4. The number of benzene rings is 1. The monoisotopic (exact) mass is 626 g/mol. The van der Waals surface area contributed by atoms with E-state index in [2.05, 4.69) is 15.1 Å². The van der Waals surface area contributed by atoms with Crippen LogP contribution in [0.15, 0.2) is 18.2 Å². The molecule has 12 nitrogen and oxygen atoms in total. The van der Waals surface area contributed by atoms with Crippen molar-refractivity contribution >= 4 is 39.3 Å². The van der Waals surface area contributed by atoms with Crippen LogP contribution in [0.25, 0.3) is 0 Å². The molecule has 1 aromatic rings. The van der Waals surface area contributed by atoms with E-state index in [1.165, 1.54) is 0 Å². The van der Waals surface area contributed by atoms with Gasteiger partial charge >= 0.3 is 0 Å². The van der Waals surface area contributed by atoms with E-state index in [0.29, 0.717) is 43.1 Å². The molecule has 44 heavy (non-hydrogen) atoms. The second kappa shape index (κ2) is 11.2. The number of fused-ring (bicyclic) bond motifs is 1. The van der Waals surface area contributed by atoms with Crippen molar-refractivity contribution in [1.29, 1.82) is 0 Å². The molecular formula is C31H42N6O6S.